The van der Waals surface area contributed by atoms with Gasteiger partial charge in [-0.2, -0.15) is 0 Å². The maximum absolute atomic E-state index is 12.8. The van der Waals surface area contributed by atoms with Gasteiger partial charge in [0.1, 0.15) is 18.0 Å². The number of benzene rings is 1. The Morgan fingerprint density at radius 3 is 2.43 bits per heavy atom. The Labute approximate surface area is 170 Å². The van der Waals surface area contributed by atoms with Crippen molar-refractivity contribution in [1.29, 1.82) is 0 Å². The topological polar surface area (TPSA) is 50.8 Å². The second-order valence-electron chi connectivity index (χ2n) is 8.41. The van der Waals surface area contributed by atoms with Crippen LogP contribution in [0.4, 0.5) is 5.69 Å². The maximum Gasteiger partial charge on any atom is 0.256 e. The van der Waals surface area contributed by atoms with E-state index >= 15 is 0 Å². The van der Waals surface area contributed by atoms with E-state index in [1.807, 2.05) is 31.2 Å². The van der Waals surface area contributed by atoms with Gasteiger partial charge < -0.3 is 14.8 Å². The zero-order valence-corrected chi connectivity index (χ0v) is 18.1. The number of carbonyl (C=O) groups is 1. The first-order valence-electron chi connectivity index (χ1n) is 10.8. The van der Waals surface area contributed by atoms with Gasteiger partial charge in [-0.3, -0.25) is 9.69 Å². The Balaban J connectivity index is 1.84. The molecule has 1 aromatic rings. The molecule has 0 spiro atoms. The van der Waals surface area contributed by atoms with Crippen LogP contribution in [0.3, 0.4) is 0 Å². The number of hydrogen-bond acceptors (Lipinski definition) is 4. The highest BCUT2D eigenvalue weighted by Gasteiger charge is 2.34. The molecule has 158 valence electrons. The third-order valence-electron chi connectivity index (χ3n) is 5.14. The molecule has 1 aliphatic heterocycles. The zero-order chi connectivity index (χ0) is 20.4. The lowest BCUT2D eigenvalue weighted by Gasteiger charge is -2.30. The lowest BCUT2D eigenvalue weighted by atomic mass is 9.93. The minimum absolute atomic E-state index is 0.0894. The fourth-order valence-electron chi connectivity index (χ4n) is 3.70. The van der Waals surface area contributed by atoms with Gasteiger partial charge in [0.15, 0.2) is 0 Å². The van der Waals surface area contributed by atoms with Crippen molar-refractivity contribution < 1.29 is 14.3 Å². The van der Waals surface area contributed by atoms with Crippen LogP contribution in [-0.4, -0.2) is 49.3 Å². The molecule has 2 rings (SSSR count). The molecule has 1 aliphatic rings. The quantitative estimate of drug-likeness (QED) is 0.594. The number of likely N-dealkylation sites (tertiary alicyclic amines) is 1. The van der Waals surface area contributed by atoms with Crippen LogP contribution in [-0.2, 0) is 9.53 Å². The average Bonchev–Trinajstić information content (AvgIpc) is 2.68. The Morgan fingerprint density at radius 2 is 1.82 bits per heavy atom. The molecule has 1 fully saturated rings. The molecule has 1 atom stereocenters. The van der Waals surface area contributed by atoms with Crippen LogP contribution in [0.25, 0.3) is 0 Å². The van der Waals surface area contributed by atoms with E-state index in [9.17, 15) is 4.79 Å². The summed E-state index contributed by atoms with van der Waals surface area (Å²) >= 11 is 0. The Bertz CT molecular complexity index is 582. The molecule has 0 aromatic heterocycles. The highest BCUT2D eigenvalue weighted by molar-refractivity contribution is 5.97. The summed E-state index contributed by atoms with van der Waals surface area (Å²) in [5, 5.41) is 3.00. The summed E-state index contributed by atoms with van der Waals surface area (Å²) < 4.78 is 11.8. The highest BCUT2D eigenvalue weighted by atomic mass is 16.5. The zero-order valence-electron chi connectivity index (χ0n) is 18.1. The van der Waals surface area contributed by atoms with Crippen LogP contribution in [0.15, 0.2) is 24.3 Å². The summed E-state index contributed by atoms with van der Waals surface area (Å²) in [5.41, 5.74) is -0.0446. The van der Waals surface area contributed by atoms with Gasteiger partial charge in [-0.15, -0.1) is 0 Å². The van der Waals surface area contributed by atoms with Crippen molar-refractivity contribution in [2.45, 2.75) is 65.4 Å². The van der Waals surface area contributed by atoms with Crippen molar-refractivity contribution >= 4 is 11.6 Å². The van der Waals surface area contributed by atoms with Crippen molar-refractivity contribution in [2.24, 2.45) is 5.92 Å². The van der Waals surface area contributed by atoms with Crippen molar-refractivity contribution in [3.8, 4) is 5.75 Å². The summed E-state index contributed by atoms with van der Waals surface area (Å²) in [5.74, 6) is 1.12. The molecule has 1 unspecified atom stereocenters. The van der Waals surface area contributed by atoms with Crippen molar-refractivity contribution in [3.63, 3.8) is 0 Å². The molecule has 1 N–H and O–H groups in total. The second-order valence-corrected chi connectivity index (χ2v) is 8.41. The fourth-order valence-corrected chi connectivity index (χ4v) is 3.70. The third-order valence-corrected chi connectivity index (χ3v) is 5.14. The molecule has 1 aromatic carbocycles. The van der Waals surface area contributed by atoms with Crippen molar-refractivity contribution in [3.05, 3.63) is 24.3 Å². The van der Waals surface area contributed by atoms with Crippen LogP contribution in [0.1, 0.15) is 59.8 Å². The monoisotopic (exact) mass is 390 g/mol. The number of nitrogens with zero attached hydrogens (tertiary/aromatic N) is 1. The first-order valence-corrected chi connectivity index (χ1v) is 10.8. The Kier molecular flexibility index (Phi) is 9.26. The number of nitrogens with one attached hydrogen (secondary N) is 1. The van der Waals surface area contributed by atoms with Crippen LogP contribution >= 0.6 is 0 Å². The normalized spacial score (nSPS) is 17.3. The van der Waals surface area contributed by atoms with Crippen LogP contribution in [0.5, 0.6) is 5.75 Å². The Morgan fingerprint density at radius 1 is 1.14 bits per heavy atom. The minimum Gasteiger partial charge on any atom is -0.492 e. The standard InChI is InChI=1S/C23H38N2O3/c1-5-16-28-23(4,18-19(2)3)22(26)24-20-9-11-21(12-10-20)27-17-15-25-13-7-6-8-14-25/h9-12,19H,5-8,13-18H2,1-4H3,(H,24,26). The molecule has 5 nitrogen and oxygen atoms in total. The molecular formula is C23H38N2O3. The SMILES string of the molecule is CCCOC(C)(CC(C)C)C(=O)Nc1ccc(OCCN2CCCCC2)cc1. The maximum atomic E-state index is 12.8. The molecule has 0 aliphatic carbocycles. The first-order chi connectivity index (χ1) is 13.4. The van der Waals surface area contributed by atoms with Gasteiger partial charge in [0.05, 0.1) is 0 Å². The minimum atomic E-state index is -0.812. The van der Waals surface area contributed by atoms with E-state index in [1.165, 1.54) is 32.4 Å². The molecule has 5 heteroatoms. The fraction of sp³-hybridized carbons (Fsp3) is 0.696. The van der Waals surface area contributed by atoms with Gasteiger partial charge in [-0.25, -0.2) is 0 Å². The first kappa shape index (κ1) is 22.7. The third kappa shape index (κ3) is 7.44. The van der Waals surface area contributed by atoms with E-state index in [-0.39, 0.29) is 5.91 Å². The molecule has 1 amide bonds. The predicted octanol–water partition coefficient (Wildman–Crippen LogP) is 4.72. The summed E-state index contributed by atoms with van der Waals surface area (Å²) in [6.07, 6.45) is 5.53. The van der Waals surface area contributed by atoms with Gasteiger partial charge in [0, 0.05) is 18.8 Å². The summed E-state index contributed by atoms with van der Waals surface area (Å²) in [6.45, 7) is 12.8. The van der Waals surface area contributed by atoms with Crippen molar-refractivity contribution in [2.75, 3.05) is 38.2 Å². The number of rotatable bonds is 11. The van der Waals surface area contributed by atoms with Crippen LogP contribution in [0.2, 0.25) is 0 Å². The Hall–Kier alpha value is -1.59. The van der Waals surface area contributed by atoms with Crippen LogP contribution < -0.4 is 10.1 Å². The molecule has 28 heavy (non-hydrogen) atoms. The molecule has 0 saturated carbocycles. The van der Waals surface area contributed by atoms with Crippen molar-refractivity contribution in [1.82, 2.24) is 4.90 Å². The largest absolute Gasteiger partial charge is 0.492 e. The van der Waals surface area contributed by atoms with Gasteiger partial charge in [-0.05, 0) is 75.9 Å². The lowest BCUT2D eigenvalue weighted by Crippen LogP contribution is -2.44. The summed E-state index contributed by atoms with van der Waals surface area (Å²) in [6, 6.07) is 7.62. The number of carbonyl (C=O) groups excluding carboxylic acids is 1. The predicted molar refractivity (Wildman–Crippen MR) is 115 cm³/mol. The molecule has 1 heterocycles. The molecular weight excluding hydrogens is 352 g/mol. The second kappa shape index (κ2) is 11.4. The number of amides is 1. The van der Waals surface area contributed by atoms with Gasteiger partial charge in [0.25, 0.3) is 5.91 Å². The summed E-state index contributed by atoms with van der Waals surface area (Å²) in [4.78, 5) is 15.3. The molecule has 0 radical (unpaired) electrons. The number of anilines is 1. The van der Waals surface area contributed by atoms with Gasteiger partial charge in [0.2, 0.25) is 0 Å². The molecule has 0 bridgehead atoms. The summed E-state index contributed by atoms with van der Waals surface area (Å²) in [7, 11) is 0. The van der Waals surface area contributed by atoms with Gasteiger partial charge >= 0.3 is 0 Å². The highest BCUT2D eigenvalue weighted by Crippen LogP contribution is 2.24. The van der Waals surface area contributed by atoms with E-state index in [1.54, 1.807) is 0 Å². The lowest BCUT2D eigenvalue weighted by molar-refractivity contribution is -0.141. The molecule has 1 saturated heterocycles. The van der Waals surface area contributed by atoms with Gasteiger partial charge in [-0.1, -0.05) is 27.2 Å². The average molecular weight is 391 g/mol. The van der Waals surface area contributed by atoms with E-state index in [0.29, 0.717) is 25.6 Å². The number of ether oxygens (including phenoxy) is 2. The van der Waals surface area contributed by atoms with E-state index < -0.39 is 5.60 Å². The number of piperidine rings is 1. The smallest absolute Gasteiger partial charge is 0.256 e. The van der Waals surface area contributed by atoms with E-state index in [0.717, 1.165) is 24.4 Å². The van der Waals surface area contributed by atoms with E-state index in [2.05, 4.69) is 31.0 Å². The van der Waals surface area contributed by atoms with E-state index in [4.69, 9.17) is 9.47 Å². The van der Waals surface area contributed by atoms with Crippen LogP contribution in [0, 0.1) is 5.92 Å². The number of hydrogen-bond donors (Lipinski definition) is 1.